The van der Waals surface area contributed by atoms with Crippen LogP contribution in [0.5, 0.6) is 11.5 Å². The first-order valence-electron chi connectivity index (χ1n) is 5.72. The number of amides is 1. The Bertz CT molecular complexity index is 484. The van der Waals surface area contributed by atoms with Gasteiger partial charge in [-0.2, -0.15) is 0 Å². The van der Waals surface area contributed by atoms with Crippen LogP contribution in [-0.4, -0.2) is 37.7 Å². The maximum absolute atomic E-state index is 11.1. The highest BCUT2D eigenvalue weighted by molar-refractivity contribution is 5.91. The molecule has 0 radical (unpaired) electrons. The van der Waals surface area contributed by atoms with Crippen LogP contribution in [-0.2, 0) is 11.2 Å². The van der Waals surface area contributed by atoms with E-state index in [1.54, 1.807) is 6.07 Å². The third-order valence-electron chi connectivity index (χ3n) is 2.60. The number of aromatic carboxylic acids is 1. The molecule has 0 spiro atoms. The highest BCUT2D eigenvalue weighted by Gasteiger charge is 2.16. The van der Waals surface area contributed by atoms with E-state index >= 15 is 0 Å². The van der Waals surface area contributed by atoms with Gasteiger partial charge in [-0.05, 0) is 24.1 Å². The van der Waals surface area contributed by atoms with Gasteiger partial charge in [-0.25, -0.2) is 4.79 Å². The molecule has 0 bridgehead atoms. The summed E-state index contributed by atoms with van der Waals surface area (Å²) >= 11 is 0. The molecule has 6 heteroatoms. The van der Waals surface area contributed by atoms with E-state index in [9.17, 15) is 9.59 Å². The van der Waals surface area contributed by atoms with Gasteiger partial charge in [0.15, 0.2) is 0 Å². The van der Waals surface area contributed by atoms with E-state index < -0.39 is 5.97 Å². The van der Waals surface area contributed by atoms with Gasteiger partial charge in [0.2, 0.25) is 5.91 Å². The zero-order valence-corrected chi connectivity index (χ0v) is 11.1. The number of ether oxygens (including phenoxy) is 2. The molecule has 6 nitrogen and oxygen atoms in total. The minimum atomic E-state index is -1.08. The third kappa shape index (κ3) is 3.87. The molecule has 0 saturated carbocycles. The van der Waals surface area contributed by atoms with Gasteiger partial charge in [0, 0.05) is 13.5 Å². The highest BCUT2D eigenvalue weighted by atomic mass is 16.5. The van der Waals surface area contributed by atoms with Crippen LogP contribution in [0.1, 0.15) is 22.8 Å². The van der Waals surface area contributed by atoms with Gasteiger partial charge >= 0.3 is 5.97 Å². The molecule has 0 aromatic heterocycles. The number of hydrogen-bond acceptors (Lipinski definition) is 4. The summed E-state index contributed by atoms with van der Waals surface area (Å²) in [5, 5.41) is 11.7. The summed E-state index contributed by atoms with van der Waals surface area (Å²) in [6, 6.07) is 3.04. The summed E-state index contributed by atoms with van der Waals surface area (Å²) in [5.74, 6) is -0.466. The lowest BCUT2D eigenvalue weighted by Crippen LogP contribution is -2.22. The minimum Gasteiger partial charge on any atom is -0.496 e. The summed E-state index contributed by atoms with van der Waals surface area (Å²) < 4.78 is 10.2. The molecule has 1 amide bonds. The maximum Gasteiger partial charge on any atom is 0.339 e. The second-order valence-corrected chi connectivity index (χ2v) is 3.90. The molecule has 0 saturated heterocycles. The van der Waals surface area contributed by atoms with E-state index in [2.05, 4.69) is 5.32 Å². The Morgan fingerprint density at radius 3 is 2.32 bits per heavy atom. The normalized spacial score (nSPS) is 9.84. The molecule has 0 fully saturated rings. The number of nitrogens with one attached hydrogen (secondary N) is 1. The minimum absolute atomic E-state index is 0.0441. The molecular formula is C13H17NO5. The first kappa shape index (κ1) is 14.8. The second-order valence-electron chi connectivity index (χ2n) is 3.90. The van der Waals surface area contributed by atoms with Gasteiger partial charge in [-0.15, -0.1) is 0 Å². The Morgan fingerprint density at radius 2 is 1.84 bits per heavy atom. The molecule has 1 rings (SSSR count). The summed E-state index contributed by atoms with van der Waals surface area (Å²) in [5.41, 5.74) is 0.820. The molecule has 19 heavy (non-hydrogen) atoms. The van der Waals surface area contributed by atoms with Gasteiger partial charge in [0.1, 0.15) is 17.1 Å². The zero-order chi connectivity index (χ0) is 14.4. The molecule has 2 N–H and O–H groups in total. The Hall–Kier alpha value is -2.24. The number of carboxylic acids is 1. The number of carbonyl (C=O) groups excluding carboxylic acids is 1. The summed E-state index contributed by atoms with van der Waals surface area (Å²) in [4.78, 5) is 21.9. The molecular weight excluding hydrogens is 250 g/mol. The average molecular weight is 267 g/mol. The summed E-state index contributed by atoms with van der Waals surface area (Å²) in [6.45, 7) is 1.88. The van der Waals surface area contributed by atoms with Gasteiger partial charge in [0.05, 0.1) is 14.2 Å². The SMILES string of the molecule is COc1cc(C(=O)O)c(OC)cc1CCNC(C)=O. The molecule has 0 aliphatic rings. The van der Waals surface area contributed by atoms with Crippen molar-refractivity contribution in [1.29, 1.82) is 0 Å². The molecule has 1 aromatic carbocycles. The maximum atomic E-state index is 11.1. The molecule has 0 aliphatic heterocycles. The fraction of sp³-hybridized carbons (Fsp3) is 0.385. The quantitative estimate of drug-likeness (QED) is 0.805. The Morgan fingerprint density at radius 1 is 1.21 bits per heavy atom. The lowest BCUT2D eigenvalue weighted by Gasteiger charge is -2.13. The first-order valence-corrected chi connectivity index (χ1v) is 5.72. The molecule has 1 aromatic rings. The van der Waals surface area contributed by atoms with E-state index in [4.69, 9.17) is 14.6 Å². The van der Waals surface area contributed by atoms with E-state index in [-0.39, 0.29) is 17.2 Å². The van der Waals surface area contributed by atoms with Gasteiger partial charge in [-0.1, -0.05) is 0 Å². The molecule has 0 atom stereocenters. The smallest absolute Gasteiger partial charge is 0.339 e. The largest absolute Gasteiger partial charge is 0.496 e. The number of hydrogen-bond donors (Lipinski definition) is 2. The van der Waals surface area contributed by atoms with Gasteiger partial charge in [0.25, 0.3) is 0 Å². The first-order chi connectivity index (χ1) is 8.99. The van der Waals surface area contributed by atoms with Crippen LogP contribution in [0.3, 0.4) is 0 Å². The van der Waals surface area contributed by atoms with Crippen molar-refractivity contribution in [1.82, 2.24) is 5.32 Å². The number of rotatable bonds is 6. The Labute approximate surface area is 111 Å². The molecule has 104 valence electrons. The van der Waals surface area contributed by atoms with E-state index in [0.29, 0.717) is 18.7 Å². The molecule has 0 unspecified atom stereocenters. The van der Waals surface area contributed by atoms with Crippen molar-refractivity contribution in [3.63, 3.8) is 0 Å². The van der Waals surface area contributed by atoms with Crippen molar-refractivity contribution < 1.29 is 24.2 Å². The lowest BCUT2D eigenvalue weighted by molar-refractivity contribution is -0.118. The summed E-state index contributed by atoms with van der Waals surface area (Å²) in [7, 11) is 2.88. The van der Waals surface area contributed by atoms with Crippen LogP contribution in [0.25, 0.3) is 0 Å². The van der Waals surface area contributed by atoms with Gasteiger partial charge in [-0.3, -0.25) is 4.79 Å². The second kappa shape index (κ2) is 6.63. The molecule has 0 aliphatic carbocycles. The van der Waals surface area contributed by atoms with Crippen LogP contribution in [0.15, 0.2) is 12.1 Å². The van der Waals surface area contributed by atoms with Crippen molar-refractivity contribution in [2.75, 3.05) is 20.8 Å². The Kier molecular flexibility index (Phi) is 5.17. The fourth-order valence-corrected chi connectivity index (χ4v) is 1.70. The number of benzene rings is 1. The van der Waals surface area contributed by atoms with Crippen molar-refractivity contribution in [3.8, 4) is 11.5 Å². The lowest BCUT2D eigenvalue weighted by atomic mass is 10.1. The van der Waals surface area contributed by atoms with Crippen LogP contribution >= 0.6 is 0 Å². The third-order valence-corrected chi connectivity index (χ3v) is 2.60. The predicted molar refractivity (Wildman–Crippen MR) is 68.9 cm³/mol. The number of carbonyl (C=O) groups is 2. The average Bonchev–Trinajstić information content (AvgIpc) is 2.37. The number of carboxylic acid groups (broad SMARTS) is 1. The van der Waals surface area contributed by atoms with Crippen LogP contribution < -0.4 is 14.8 Å². The van der Waals surface area contributed by atoms with Crippen LogP contribution in [0, 0.1) is 0 Å². The van der Waals surface area contributed by atoms with Crippen molar-refractivity contribution in [2.45, 2.75) is 13.3 Å². The van der Waals surface area contributed by atoms with Crippen molar-refractivity contribution in [2.24, 2.45) is 0 Å². The van der Waals surface area contributed by atoms with Crippen LogP contribution in [0.4, 0.5) is 0 Å². The van der Waals surface area contributed by atoms with E-state index in [0.717, 1.165) is 5.56 Å². The Balaban J connectivity index is 3.02. The highest BCUT2D eigenvalue weighted by Crippen LogP contribution is 2.29. The van der Waals surface area contributed by atoms with E-state index in [1.807, 2.05) is 0 Å². The topological polar surface area (TPSA) is 84.9 Å². The fourth-order valence-electron chi connectivity index (χ4n) is 1.70. The zero-order valence-electron chi connectivity index (χ0n) is 11.1. The van der Waals surface area contributed by atoms with Gasteiger partial charge < -0.3 is 19.9 Å². The number of methoxy groups -OCH3 is 2. The molecule has 0 heterocycles. The van der Waals surface area contributed by atoms with Crippen molar-refractivity contribution >= 4 is 11.9 Å². The predicted octanol–water partition coefficient (Wildman–Crippen LogP) is 1.08. The van der Waals surface area contributed by atoms with Crippen LogP contribution in [0.2, 0.25) is 0 Å². The van der Waals surface area contributed by atoms with E-state index in [1.165, 1.54) is 27.2 Å². The monoisotopic (exact) mass is 267 g/mol. The summed E-state index contributed by atoms with van der Waals surface area (Å²) in [6.07, 6.45) is 0.527. The van der Waals surface area contributed by atoms with Crippen molar-refractivity contribution in [3.05, 3.63) is 23.3 Å². The standard InChI is InChI=1S/C13H17NO5/c1-8(15)14-5-4-9-6-12(19-3)10(13(16)17)7-11(9)18-2/h6-7H,4-5H2,1-3H3,(H,14,15)(H,16,17).